The molecule has 4 unspecified atom stereocenters. The van der Waals surface area contributed by atoms with Gasteiger partial charge in [-0.1, -0.05) is 0 Å². The van der Waals surface area contributed by atoms with E-state index in [1.54, 1.807) is 0 Å². The van der Waals surface area contributed by atoms with E-state index >= 15 is 0 Å². The number of nitrogens with zero attached hydrogens (tertiary/aromatic N) is 1. The van der Waals surface area contributed by atoms with E-state index in [0.29, 0.717) is 18.4 Å². The summed E-state index contributed by atoms with van der Waals surface area (Å²) in [5.41, 5.74) is 5.61. The number of amides is 1. The molecular weight excluding hydrogens is 214 g/mol. The number of nitrogens with two attached hydrogens (primary N) is 1. The van der Waals surface area contributed by atoms with Crippen LogP contribution in [0.15, 0.2) is 0 Å². The van der Waals surface area contributed by atoms with Crippen molar-refractivity contribution in [2.45, 2.75) is 39.2 Å². The first-order valence-electron chi connectivity index (χ1n) is 6.39. The van der Waals surface area contributed by atoms with Crippen LogP contribution in [0.2, 0.25) is 0 Å². The van der Waals surface area contributed by atoms with Crippen molar-refractivity contribution in [3.8, 4) is 6.07 Å². The first-order chi connectivity index (χ1) is 7.94. The van der Waals surface area contributed by atoms with Crippen LogP contribution in [0.3, 0.4) is 0 Å². The highest BCUT2D eigenvalue weighted by Crippen LogP contribution is 2.47. The molecule has 4 nitrogen and oxygen atoms in total. The molecule has 0 aliphatic heterocycles. The monoisotopic (exact) mass is 235 g/mol. The minimum absolute atomic E-state index is 0.0248. The third-order valence-corrected chi connectivity index (χ3v) is 4.29. The smallest absolute Gasteiger partial charge is 0.225 e. The lowest BCUT2D eigenvalue weighted by Crippen LogP contribution is -2.47. The van der Waals surface area contributed by atoms with Gasteiger partial charge in [-0.3, -0.25) is 4.79 Å². The molecule has 0 radical (unpaired) electrons. The van der Waals surface area contributed by atoms with Gasteiger partial charge in [-0.2, -0.15) is 5.26 Å². The highest BCUT2D eigenvalue weighted by molar-refractivity contribution is 5.80. The predicted octanol–water partition coefficient (Wildman–Crippen LogP) is 1.03. The second-order valence-electron chi connectivity index (χ2n) is 6.15. The summed E-state index contributed by atoms with van der Waals surface area (Å²) in [6, 6.07) is 2.21. The fourth-order valence-electron chi connectivity index (χ4n) is 3.19. The highest BCUT2D eigenvalue weighted by atomic mass is 16.1. The quantitative estimate of drug-likeness (QED) is 0.766. The number of fused-ring (bicyclic) bond motifs is 2. The number of carbonyl (C=O) groups is 1. The molecule has 2 fully saturated rings. The summed E-state index contributed by atoms with van der Waals surface area (Å²) in [5.74, 6) is 1.04. The first kappa shape index (κ1) is 12.4. The Balaban J connectivity index is 1.91. The molecule has 0 spiro atoms. The van der Waals surface area contributed by atoms with E-state index in [1.807, 2.05) is 13.8 Å². The molecule has 17 heavy (non-hydrogen) atoms. The van der Waals surface area contributed by atoms with Crippen molar-refractivity contribution in [3.05, 3.63) is 0 Å². The molecule has 2 bridgehead atoms. The summed E-state index contributed by atoms with van der Waals surface area (Å²) in [6.45, 7) is 4.06. The van der Waals surface area contributed by atoms with Gasteiger partial charge in [0.05, 0.1) is 17.4 Å². The number of rotatable bonds is 3. The number of carbonyl (C=O) groups excluding carboxylic acids is 1. The number of nitrogens with one attached hydrogen (secondary N) is 1. The van der Waals surface area contributed by atoms with Gasteiger partial charge in [0, 0.05) is 12.6 Å². The van der Waals surface area contributed by atoms with Gasteiger partial charge in [-0.05, 0) is 44.9 Å². The normalized spacial score (nSPS) is 35.6. The lowest BCUT2D eigenvalue weighted by molar-refractivity contribution is -0.127. The molecule has 4 heteroatoms. The van der Waals surface area contributed by atoms with Crippen LogP contribution >= 0.6 is 0 Å². The number of hydrogen-bond donors (Lipinski definition) is 2. The third kappa shape index (κ3) is 2.30. The summed E-state index contributed by atoms with van der Waals surface area (Å²) in [5, 5.41) is 11.8. The molecule has 0 saturated heterocycles. The van der Waals surface area contributed by atoms with Crippen LogP contribution in [0.4, 0.5) is 0 Å². The molecular formula is C13H21N3O. The molecule has 0 aromatic heterocycles. The molecule has 0 heterocycles. The van der Waals surface area contributed by atoms with E-state index < -0.39 is 5.41 Å². The minimum atomic E-state index is -0.503. The summed E-state index contributed by atoms with van der Waals surface area (Å²) in [6.07, 6.45) is 3.43. The van der Waals surface area contributed by atoms with Crippen LogP contribution in [0.25, 0.3) is 0 Å². The van der Waals surface area contributed by atoms with Gasteiger partial charge in [0.15, 0.2) is 0 Å². The van der Waals surface area contributed by atoms with Gasteiger partial charge in [-0.25, -0.2) is 0 Å². The lowest BCUT2D eigenvalue weighted by Gasteiger charge is -2.28. The number of hydrogen-bond acceptors (Lipinski definition) is 3. The fourth-order valence-corrected chi connectivity index (χ4v) is 3.19. The van der Waals surface area contributed by atoms with Crippen molar-refractivity contribution in [2.75, 3.05) is 6.54 Å². The Labute approximate surface area is 103 Å². The molecule has 2 saturated carbocycles. The summed E-state index contributed by atoms with van der Waals surface area (Å²) < 4.78 is 0. The first-order valence-corrected chi connectivity index (χ1v) is 6.39. The van der Waals surface area contributed by atoms with E-state index in [2.05, 4.69) is 11.4 Å². The molecule has 2 aliphatic carbocycles. The van der Waals surface area contributed by atoms with Crippen LogP contribution in [-0.4, -0.2) is 18.5 Å². The van der Waals surface area contributed by atoms with Crippen LogP contribution in [0, 0.1) is 34.5 Å². The van der Waals surface area contributed by atoms with Crippen molar-refractivity contribution in [2.24, 2.45) is 28.9 Å². The van der Waals surface area contributed by atoms with Gasteiger partial charge in [-0.15, -0.1) is 0 Å². The SMILES string of the molecule is CC(C)(C#N)CNC(=O)C1C2CCC(C2)C1N. The van der Waals surface area contributed by atoms with E-state index in [1.165, 1.54) is 6.42 Å². The topological polar surface area (TPSA) is 78.9 Å². The second kappa shape index (κ2) is 4.30. The Morgan fingerprint density at radius 3 is 2.65 bits per heavy atom. The molecule has 94 valence electrons. The Hall–Kier alpha value is -1.08. The van der Waals surface area contributed by atoms with Crippen LogP contribution in [0.5, 0.6) is 0 Å². The minimum Gasteiger partial charge on any atom is -0.354 e. The van der Waals surface area contributed by atoms with Crippen LogP contribution in [-0.2, 0) is 4.79 Å². The molecule has 0 aromatic carbocycles. The Bertz CT molecular complexity index is 356. The van der Waals surface area contributed by atoms with Gasteiger partial charge in [0.25, 0.3) is 0 Å². The molecule has 2 rings (SSSR count). The van der Waals surface area contributed by atoms with Gasteiger partial charge in [0.1, 0.15) is 0 Å². The molecule has 3 N–H and O–H groups in total. The Morgan fingerprint density at radius 1 is 1.47 bits per heavy atom. The van der Waals surface area contributed by atoms with E-state index in [0.717, 1.165) is 12.8 Å². The average Bonchev–Trinajstić information content (AvgIpc) is 2.86. The predicted molar refractivity (Wildman–Crippen MR) is 64.7 cm³/mol. The van der Waals surface area contributed by atoms with Crippen LogP contribution < -0.4 is 11.1 Å². The zero-order chi connectivity index (χ0) is 12.6. The van der Waals surface area contributed by atoms with E-state index in [-0.39, 0.29) is 17.9 Å². The van der Waals surface area contributed by atoms with Gasteiger partial charge >= 0.3 is 0 Å². The van der Waals surface area contributed by atoms with Gasteiger partial charge in [0.2, 0.25) is 5.91 Å². The zero-order valence-electron chi connectivity index (χ0n) is 10.6. The Kier molecular flexibility index (Phi) is 3.13. The van der Waals surface area contributed by atoms with E-state index in [4.69, 9.17) is 11.0 Å². The molecule has 4 atom stereocenters. The van der Waals surface area contributed by atoms with E-state index in [9.17, 15) is 4.79 Å². The lowest BCUT2D eigenvalue weighted by atomic mass is 9.84. The molecule has 0 aromatic rings. The van der Waals surface area contributed by atoms with Crippen molar-refractivity contribution >= 4 is 5.91 Å². The summed E-state index contributed by atoms with van der Waals surface area (Å²) >= 11 is 0. The highest BCUT2D eigenvalue weighted by Gasteiger charge is 2.49. The van der Waals surface area contributed by atoms with Crippen molar-refractivity contribution in [1.29, 1.82) is 5.26 Å². The summed E-state index contributed by atoms with van der Waals surface area (Å²) in [7, 11) is 0. The number of nitriles is 1. The Morgan fingerprint density at radius 2 is 2.12 bits per heavy atom. The third-order valence-electron chi connectivity index (χ3n) is 4.29. The summed E-state index contributed by atoms with van der Waals surface area (Å²) in [4.78, 5) is 12.1. The molecule has 1 amide bonds. The van der Waals surface area contributed by atoms with Gasteiger partial charge < -0.3 is 11.1 Å². The fraction of sp³-hybridized carbons (Fsp3) is 0.846. The van der Waals surface area contributed by atoms with Crippen LogP contribution in [0.1, 0.15) is 33.1 Å². The maximum atomic E-state index is 12.1. The molecule has 2 aliphatic rings. The largest absolute Gasteiger partial charge is 0.354 e. The standard InChI is InChI=1S/C13H21N3O/c1-13(2,6-14)7-16-12(17)10-8-3-4-9(5-8)11(10)15/h8-11H,3-5,7,15H2,1-2H3,(H,16,17). The average molecular weight is 235 g/mol. The van der Waals surface area contributed by atoms with Crippen molar-refractivity contribution in [1.82, 2.24) is 5.32 Å². The van der Waals surface area contributed by atoms with Crippen molar-refractivity contribution in [3.63, 3.8) is 0 Å². The maximum Gasteiger partial charge on any atom is 0.225 e. The zero-order valence-corrected chi connectivity index (χ0v) is 10.6. The maximum absolute atomic E-state index is 12.1. The van der Waals surface area contributed by atoms with Crippen molar-refractivity contribution < 1.29 is 4.79 Å². The second-order valence-corrected chi connectivity index (χ2v) is 6.15.